The fourth-order valence-corrected chi connectivity index (χ4v) is 3.00. The van der Waals surface area contributed by atoms with E-state index in [0.717, 1.165) is 24.9 Å². The van der Waals surface area contributed by atoms with Gasteiger partial charge in [0.05, 0.1) is 0 Å². The van der Waals surface area contributed by atoms with E-state index in [2.05, 4.69) is 35.2 Å². The van der Waals surface area contributed by atoms with Crippen molar-refractivity contribution in [2.45, 2.75) is 31.3 Å². The lowest BCUT2D eigenvalue weighted by Crippen LogP contribution is -2.38. The molecule has 1 aliphatic heterocycles. The van der Waals surface area contributed by atoms with Crippen LogP contribution in [0.2, 0.25) is 0 Å². The monoisotopic (exact) mass is 216 g/mol. The molecule has 3 atom stereocenters. The summed E-state index contributed by atoms with van der Waals surface area (Å²) in [5, 5.41) is 0. The summed E-state index contributed by atoms with van der Waals surface area (Å²) < 4.78 is 0. The van der Waals surface area contributed by atoms with Gasteiger partial charge < -0.3 is 5.73 Å². The summed E-state index contributed by atoms with van der Waals surface area (Å²) in [6.07, 6.45) is 3.84. The highest BCUT2D eigenvalue weighted by molar-refractivity contribution is 5.16. The second-order valence-electron chi connectivity index (χ2n) is 5.30. The van der Waals surface area contributed by atoms with Crippen LogP contribution >= 0.6 is 0 Å². The Morgan fingerprint density at radius 2 is 2.12 bits per heavy atom. The first-order valence-electron chi connectivity index (χ1n) is 6.36. The Hall–Kier alpha value is -0.860. The van der Waals surface area contributed by atoms with Crippen molar-refractivity contribution in [3.8, 4) is 0 Å². The maximum absolute atomic E-state index is 6.22. The van der Waals surface area contributed by atoms with E-state index in [1.165, 1.54) is 24.9 Å². The van der Waals surface area contributed by atoms with Crippen molar-refractivity contribution in [1.82, 2.24) is 4.90 Å². The highest BCUT2D eigenvalue weighted by atomic mass is 15.2. The highest BCUT2D eigenvalue weighted by Crippen LogP contribution is 2.44. The molecule has 2 fully saturated rings. The van der Waals surface area contributed by atoms with Crippen LogP contribution < -0.4 is 5.73 Å². The molecule has 3 unspecified atom stereocenters. The number of rotatable bonds is 4. The summed E-state index contributed by atoms with van der Waals surface area (Å²) in [6, 6.07) is 11.8. The third-order valence-electron chi connectivity index (χ3n) is 3.95. The summed E-state index contributed by atoms with van der Waals surface area (Å²) in [5.41, 5.74) is 7.59. The molecule has 3 rings (SSSR count). The van der Waals surface area contributed by atoms with E-state index >= 15 is 0 Å². The molecule has 0 amide bonds. The highest BCUT2D eigenvalue weighted by Gasteiger charge is 2.46. The van der Waals surface area contributed by atoms with Crippen molar-refractivity contribution in [1.29, 1.82) is 0 Å². The number of fused-ring (bicyclic) bond motifs is 1. The number of benzene rings is 1. The molecule has 1 saturated heterocycles. The Bertz CT molecular complexity index is 349. The van der Waals surface area contributed by atoms with E-state index < -0.39 is 0 Å². The van der Waals surface area contributed by atoms with Gasteiger partial charge >= 0.3 is 0 Å². The summed E-state index contributed by atoms with van der Waals surface area (Å²) in [6.45, 7) is 2.36. The number of nitrogens with two attached hydrogens (primary N) is 1. The smallest absolute Gasteiger partial charge is 0.0208 e. The molecule has 2 heteroatoms. The normalized spacial score (nSPS) is 30.1. The van der Waals surface area contributed by atoms with Crippen molar-refractivity contribution >= 4 is 0 Å². The molecule has 1 aromatic rings. The second-order valence-corrected chi connectivity index (χ2v) is 5.30. The standard InChI is InChI=1S/C14H20N2/c15-13(8-11-4-2-1-3-5-11)10-16-7-6-12-9-14(12)16/h1-5,12-14H,6-10,15H2. The lowest BCUT2D eigenvalue weighted by atomic mass is 10.1. The van der Waals surface area contributed by atoms with Gasteiger partial charge in [0.1, 0.15) is 0 Å². The number of hydrogen-bond acceptors (Lipinski definition) is 2. The van der Waals surface area contributed by atoms with Gasteiger partial charge in [-0.15, -0.1) is 0 Å². The van der Waals surface area contributed by atoms with Gasteiger partial charge in [0.2, 0.25) is 0 Å². The lowest BCUT2D eigenvalue weighted by molar-refractivity contribution is 0.278. The van der Waals surface area contributed by atoms with Gasteiger partial charge in [0.25, 0.3) is 0 Å². The maximum atomic E-state index is 6.22. The molecule has 1 aliphatic carbocycles. The first-order valence-corrected chi connectivity index (χ1v) is 6.36. The van der Waals surface area contributed by atoms with E-state index in [-0.39, 0.29) is 0 Å². The van der Waals surface area contributed by atoms with Crippen LogP contribution in [-0.4, -0.2) is 30.1 Å². The van der Waals surface area contributed by atoms with E-state index in [1.807, 2.05) is 0 Å². The number of nitrogens with zero attached hydrogens (tertiary/aromatic N) is 1. The molecular formula is C14H20N2. The number of likely N-dealkylation sites (tertiary alicyclic amines) is 1. The first kappa shape index (κ1) is 10.3. The molecule has 0 radical (unpaired) electrons. The average Bonchev–Trinajstić information content (AvgIpc) is 2.97. The third-order valence-corrected chi connectivity index (χ3v) is 3.95. The van der Waals surface area contributed by atoms with Crippen LogP contribution in [0.3, 0.4) is 0 Å². The fraction of sp³-hybridized carbons (Fsp3) is 0.571. The molecule has 0 aromatic heterocycles. The van der Waals surface area contributed by atoms with Crippen molar-refractivity contribution in [2.75, 3.05) is 13.1 Å². The van der Waals surface area contributed by atoms with Gasteiger partial charge in [-0.25, -0.2) is 0 Å². The van der Waals surface area contributed by atoms with Gasteiger partial charge in [-0.2, -0.15) is 0 Å². The van der Waals surface area contributed by atoms with Gasteiger partial charge in [-0.3, -0.25) is 4.90 Å². The van der Waals surface area contributed by atoms with Gasteiger partial charge in [0, 0.05) is 18.6 Å². The minimum atomic E-state index is 0.293. The van der Waals surface area contributed by atoms with E-state index in [0.29, 0.717) is 6.04 Å². The zero-order valence-electron chi connectivity index (χ0n) is 9.68. The molecule has 0 bridgehead atoms. The number of hydrogen-bond donors (Lipinski definition) is 1. The van der Waals surface area contributed by atoms with E-state index in [4.69, 9.17) is 5.73 Å². The van der Waals surface area contributed by atoms with E-state index in [1.54, 1.807) is 0 Å². The predicted octanol–water partition coefficient (Wildman–Crippen LogP) is 1.65. The topological polar surface area (TPSA) is 29.3 Å². The Labute approximate surface area is 97.4 Å². The molecule has 1 heterocycles. The Balaban J connectivity index is 1.52. The minimum absolute atomic E-state index is 0.293. The molecule has 2 aliphatic rings. The van der Waals surface area contributed by atoms with Gasteiger partial charge in [-0.1, -0.05) is 30.3 Å². The quantitative estimate of drug-likeness (QED) is 0.829. The Morgan fingerprint density at radius 3 is 2.75 bits per heavy atom. The summed E-state index contributed by atoms with van der Waals surface area (Å²) >= 11 is 0. The molecular weight excluding hydrogens is 196 g/mol. The van der Waals surface area contributed by atoms with Crippen molar-refractivity contribution in [2.24, 2.45) is 11.7 Å². The first-order chi connectivity index (χ1) is 7.83. The van der Waals surface area contributed by atoms with Crippen LogP contribution in [0.1, 0.15) is 18.4 Å². The van der Waals surface area contributed by atoms with Crippen molar-refractivity contribution in [3.05, 3.63) is 35.9 Å². The second kappa shape index (κ2) is 4.19. The lowest BCUT2D eigenvalue weighted by Gasteiger charge is -2.22. The van der Waals surface area contributed by atoms with Crippen LogP contribution in [0.15, 0.2) is 30.3 Å². The molecule has 1 saturated carbocycles. The zero-order valence-corrected chi connectivity index (χ0v) is 9.68. The maximum Gasteiger partial charge on any atom is 0.0208 e. The molecule has 2 nitrogen and oxygen atoms in total. The van der Waals surface area contributed by atoms with Crippen LogP contribution in [0.25, 0.3) is 0 Å². The third kappa shape index (κ3) is 2.13. The minimum Gasteiger partial charge on any atom is -0.326 e. The SMILES string of the molecule is NC(Cc1ccccc1)CN1CCC2CC21. The average molecular weight is 216 g/mol. The van der Waals surface area contributed by atoms with E-state index in [9.17, 15) is 0 Å². The van der Waals surface area contributed by atoms with Gasteiger partial charge in [0.15, 0.2) is 0 Å². The van der Waals surface area contributed by atoms with Gasteiger partial charge in [-0.05, 0) is 37.3 Å². The summed E-state index contributed by atoms with van der Waals surface area (Å²) in [7, 11) is 0. The Kier molecular flexibility index (Phi) is 2.70. The van der Waals surface area contributed by atoms with Crippen LogP contribution in [0.5, 0.6) is 0 Å². The van der Waals surface area contributed by atoms with Crippen molar-refractivity contribution < 1.29 is 0 Å². The number of piperidine rings is 1. The zero-order chi connectivity index (χ0) is 11.0. The molecule has 16 heavy (non-hydrogen) atoms. The van der Waals surface area contributed by atoms with Crippen LogP contribution in [0.4, 0.5) is 0 Å². The Morgan fingerprint density at radius 1 is 1.31 bits per heavy atom. The fourth-order valence-electron chi connectivity index (χ4n) is 3.00. The van der Waals surface area contributed by atoms with Crippen LogP contribution in [-0.2, 0) is 6.42 Å². The molecule has 0 spiro atoms. The molecule has 1 aromatic carbocycles. The predicted molar refractivity (Wildman–Crippen MR) is 66.2 cm³/mol. The molecule has 86 valence electrons. The van der Waals surface area contributed by atoms with Crippen molar-refractivity contribution in [3.63, 3.8) is 0 Å². The van der Waals surface area contributed by atoms with Crippen LogP contribution in [0, 0.1) is 5.92 Å². The largest absolute Gasteiger partial charge is 0.326 e. The molecule has 2 N–H and O–H groups in total. The summed E-state index contributed by atoms with van der Waals surface area (Å²) in [5.74, 6) is 1.02. The summed E-state index contributed by atoms with van der Waals surface area (Å²) in [4.78, 5) is 2.60.